The van der Waals surface area contributed by atoms with Crippen LogP contribution in [0.15, 0.2) is 24.3 Å². The van der Waals surface area contributed by atoms with Gasteiger partial charge in [0.2, 0.25) is 0 Å². The van der Waals surface area contributed by atoms with Crippen molar-refractivity contribution in [1.82, 2.24) is 0 Å². The van der Waals surface area contributed by atoms with Gasteiger partial charge in [-0.2, -0.15) is 0 Å². The van der Waals surface area contributed by atoms with Crippen LogP contribution in [0, 0.1) is 5.92 Å². The summed E-state index contributed by atoms with van der Waals surface area (Å²) < 4.78 is 10.4. The standard InChI is InChI=1S/C15H20O4/c1-18-14(17)10-19-15-12(8-9-16)7-6-11-4-2-3-5-13(11)15/h2-5,12,15-16H,6-10H2,1H3. The Kier molecular flexibility index (Phi) is 4.93. The molecule has 0 amide bonds. The Hall–Kier alpha value is -1.39. The van der Waals surface area contributed by atoms with E-state index < -0.39 is 0 Å². The second kappa shape index (κ2) is 6.68. The Morgan fingerprint density at radius 1 is 1.42 bits per heavy atom. The molecule has 0 saturated heterocycles. The summed E-state index contributed by atoms with van der Waals surface area (Å²) in [4.78, 5) is 11.2. The maximum absolute atomic E-state index is 11.2. The number of rotatable bonds is 5. The van der Waals surface area contributed by atoms with Crippen LogP contribution in [0.25, 0.3) is 0 Å². The Morgan fingerprint density at radius 3 is 2.95 bits per heavy atom. The third-order valence-electron chi connectivity index (χ3n) is 3.68. The number of aliphatic hydroxyl groups excluding tert-OH is 1. The molecule has 0 radical (unpaired) electrons. The van der Waals surface area contributed by atoms with Crippen LogP contribution < -0.4 is 0 Å². The highest BCUT2D eigenvalue weighted by molar-refractivity contribution is 5.70. The van der Waals surface area contributed by atoms with Crippen molar-refractivity contribution in [2.75, 3.05) is 20.3 Å². The van der Waals surface area contributed by atoms with Crippen LogP contribution in [-0.4, -0.2) is 31.4 Å². The van der Waals surface area contributed by atoms with E-state index in [1.165, 1.54) is 12.7 Å². The fourth-order valence-electron chi connectivity index (χ4n) is 2.69. The van der Waals surface area contributed by atoms with Crippen LogP contribution in [0.5, 0.6) is 0 Å². The van der Waals surface area contributed by atoms with Gasteiger partial charge in [0.1, 0.15) is 6.61 Å². The number of methoxy groups -OCH3 is 1. The topological polar surface area (TPSA) is 55.8 Å². The van der Waals surface area contributed by atoms with Crippen molar-refractivity contribution in [2.45, 2.75) is 25.4 Å². The van der Waals surface area contributed by atoms with Crippen molar-refractivity contribution in [2.24, 2.45) is 5.92 Å². The summed E-state index contributed by atoms with van der Waals surface area (Å²) in [5, 5.41) is 9.16. The van der Waals surface area contributed by atoms with Gasteiger partial charge < -0.3 is 14.6 Å². The molecule has 0 bridgehead atoms. The second-order valence-corrected chi connectivity index (χ2v) is 4.82. The van der Waals surface area contributed by atoms with Crippen molar-refractivity contribution >= 4 is 5.97 Å². The van der Waals surface area contributed by atoms with Crippen LogP contribution in [0.4, 0.5) is 0 Å². The van der Waals surface area contributed by atoms with E-state index in [2.05, 4.69) is 10.8 Å². The van der Waals surface area contributed by atoms with E-state index in [4.69, 9.17) is 9.84 Å². The summed E-state index contributed by atoms with van der Waals surface area (Å²) >= 11 is 0. The van der Waals surface area contributed by atoms with E-state index in [-0.39, 0.29) is 31.2 Å². The maximum atomic E-state index is 11.2. The molecule has 0 heterocycles. The van der Waals surface area contributed by atoms with E-state index in [1.54, 1.807) is 0 Å². The second-order valence-electron chi connectivity index (χ2n) is 4.82. The van der Waals surface area contributed by atoms with Gasteiger partial charge in [-0.25, -0.2) is 4.79 Å². The molecule has 1 aliphatic carbocycles. The number of carbonyl (C=O) groups is 1. The summed E-state index contributed by atoms with van der Waals surface area (Å²) in [6.07, 6.45) is 2.54. The van der Waals surface area contributed by atoms with Gasteiger partial charge in [-0.05, 0) is 36.3 Å². The molecule has 4 heteroatoms. The first-order valence-corrected chi connectivity index (χ1v) is 6.63. The van der Waals surface area contributed by atoms with Gasteiger partial charge in [0, 0.05) is 6.61 Å². The van der Waals surface area contributed by atoms with E-state index >= 15 is 0 Å². The number of hydrogen-bond donors (Lipinski definition) is 1. The number of aryl methyl sites for hydroxylation is 1. The fourth-order valence-corrected chi connectivity index (χ4v) is 2.69. The highest BCUT2D eigenvalue weighted by Crippen LogP contribution is 2.38. The SMILES string of the molecule is COC(=O)COC1c2ccccc2CCC1CCO. The van der Waals surface area contributed by atoms with Crippen LogP contribution in [0.1, 0.15) is 30.1 Å². The summed E-state index contributed by atoms with van der Waals surface area (Å²) in [7, 11) is 1.35. The molecule has 1 aromatic carbocycles. The molecule has 0 aromatic heterocycles. The third kappa shape index (κ3) is 3.33. The van der Waals surface area contributed by atoms with Gasteiger partial charge in [0.15, 0.2) is 0 Å². The van der Waals surface area contributed by atoms with Gasteiger partial charge in [-0.3, -0.25) is 0 Å². The van der Waals surface area contributed by atoms with Crippen molar-refractivity contribution < 1.29 is 19.4 Å². The number of carbonyl (C=O) groups excluding carboxylic acids is 1. The molecule has 19 heavy (non-hydrogen) atoms. The largest absolute Gasteiger partial charge is 0.467 e. The van der Waals surface area contributed by atoms with Crippen LogP contribution >= 0.6 is 0 Å². The summed E-state index contributed by atoms with van der Waals surface area (Å²) in [5.41, 5.74) is 2.41. The summed E-state index contributed by atoms with van der Waals surface area (Å²) in [6, 6.07) is 8.14. The molecule has 2 unspecified atom stereocenters. The molecule has 4 nitrogen and oxygen atoms in total. The lowest BCUT2D eigenvalue weighted by atomic mass is 9.80. The lowest BCUT2D eigenvalue weighted by molar-refractivity contribution is -0.149. The van der Waals surface area contributed by atoms with E-state index in [9.17, 15) is 4.79 Å². The van der Waals surface area contributed by atoms with E-state index in [0.717, 1.165) is 18.4 Å². The molecule has 0 aliphatic heterocycles. The number of hydrogen-bond acceptors (Lipinski definition) is 4. The molecule has 2 atom stereocenters. The Labute approximate surface area is 113 Å². The Morgan fingerprint density at radius 2 is 2.21 bits per heavy atom. The van der Waals surface area contributed by atoms with Gasteiger partial charge in [-0.15, -0.1) is 0 Å². The van der Waals surface area contributed by atoms with Gasteiger partial charge in [0.25, 0.3) is 0 Å². The lowest BCUT2D eigenvalue weighted by Crippen LogP contribution is -2.26. The fraction of sp³-hybridized carbons (Fsp3) is 0.533. The van der Waals surface area contributed by atoms with Gasteiger partial charge >= 0.3 is 5.97 Å². The van der Waals surface area contributed by atoms with Crippen LogP contribution in [0.2, 0.25) is 0 Å². The first-order valence-electron chi connectivity index (χ1n) is 6.63. The molecular formula is C15H20O4. The quantitative estimate of drug-likeness (QED) is 0.825. The number of benzene rings is 1. The number of aliphatic hydroxyl groups is 1. The van der Waals surface area contributed by atoms with Gasteiger partial charge in [-0.1, -0.05) is 24.3 Å². The summed E-state index contributed by atoms with van der Waals surface area (Å²) in [5.74, 6) is -0.115. The molecule has 1 N–H and O–H groups in total. The molecule has 104 valence electrons. The molecule has 0 saturated carbocycles. The smallest absolute Gasteiger partial charge is 0.331 e. The van der Waals surface area contributed by atoms with Gasteiger partial charge in [0.05, 0.1) is 13.2 Å². The predicted molar refractivity (Wildman–Crippen MR) is 70.7 cm³/mol. The normalized spacial score (nSPS) is 21.8. The number of ether oxygens (including phenoxy) is 2. The molecule has 2 rings (SSSR count). The first kappa shape index (κ1) is 14.0. The zero-order valence-corrected chi connectivity index (χ0v) is 11.2. The van der Waals surface area contributed by atoms with Crippen molar-refractivity contribution in [3.05, 3.63) is 35.4 Å². The maximum Gasteiger partial charge on any atom is 0.331 e. The Balaban J connectivity index is 2.15. The average Bonchev–Trinajstić information content (AvgIpc) is 2.45. The Bertz CT molecular complexity index is 430. The zero-order chi connectivity index (χ0) is 13.7. The van der Waals surface area contributed by atoms with Crippen molar-refractivity contribution in [1.29, 1.82) is 0 Å². The molecule has 1 aromatic rings. The molecule has 0 spiro atoms. The highest BCUT2D eigenvalue weighted by atomic mass is 16.6. The average molecular weight is 264 g/mol. The minimum Gasteiger partial charge on any atom is -0.467 e. The van der Waals surface area contributed by atoms with Crippen molar-refractivity contribution in [3.63, 3.8) is 0 Å². The van der Waals surface area contributed by atoms with Crippen LogP contribution in [0.3, 0.4) is 0 Å². The van der Waals surface area contributed by atoms with Crippen molar-refractivity contribution in [3.8, 4) is 0 Å². The zero-order valence-electron chi connectivity index (χ0n) is 11.2. The molecule has 1 aliphatic rings. The van der Waals surface area contributed by atoms with E-state index in [0.29, 0.717) is 6.42 Å². The third-order valence-corrected chi connectivity index (χ3v) is 3.68. The van der Waals surface area contributed by atoms with E-state index in [1.807, 2.05) is 18.2 Å². The first-order chi connectivity index (χ1) is 9.26. The number of fused-ring (bicyclic) bond motifs is 1. The molecule has 0 fully saturated rings. The molecular weight excluding hydrogens is 244 g/mol. The number of esters is 1. The summed E-state index contributed by atoms with van der Waals surface area (Å²) in [6.45, 7) is 0.0996. The highest BCUT2D eigenvalue weighted by Gasteiger charge is 2.30. The predicted octanol–water partition coefficient (Wildman–Crippen LogP) is 1.86. The van der Waals surface area contributed by atoms with Crippen LogP contribution in [-0.2, 0) is 20.7 Å². The lowest BCUT2D eigenvalue weighted by Gasteiger charge is -2.33. The monoisotopic (exact) mass is 264 g/mol. The minimum atomic E-state index is -0.370. The minimum absolute atomic E-state index is 0.0442.